The summed E-state index contributed by atoms with van der Waals surface area (Å²) >= 11 is 0. The monoisotopic (exact) mass is 187 g/mol. The third kappa shape index (κ3) is 1.66. The Labute approximate surface area is 82.8 Å². The number of fused-ring (bicyclic) bond motifs is 1. The molecule has 1 aromatic heterocycles. The molecule has 0 saturated heterocycles. The highest BCUT2D eigenvalue weighted by Gasteiger charge is 2.05. The molecule has 2 aromatic rings. The molecule has 3 nitrogen and oxygen atoms in total. The Morgan fingerprint density at radius 2 is 2.00 bits per heavy atom. The van der Waals surface area contributed by atoms with Crippen molar-refractivity contribution in [2.45, 2.75) is 20.0 Å². The van der Waals surface area contributed by atoms with Crippen molar-refractivity contribution in [3.05, 3.63) is 30.6 Å². The van der Waals surface area contributed by atoms with E-state index in [0.717, 1.165) is 10.9 Å². The van der Waals surface area contributed by atoms with Crippen molar-refractivity contribution in [3.63, 3.8) is 0 Å². The lowest BCUT2D eigenvalue weighted by molar-refractivity contribution is 0.235. The zero-order valence-corrected chi connectivity index (χ0v) is 8.19. The number of hydrogen-bond donors (Lipinski definition) is 0. The van der Waals surface area contributed by atoms with E-state index in [0.29, 0.717) is 5.88 Å². The Balaban J connectivity index is 2.53. The first-order valence-corrected chi connectivity index (χ1v) is 4.57. The number of para-hydroxylation sites is 1. The highest BCUT2D eigenvalue weighted by atomic mass is 16.5. The number of aromatic nitrogens is 2. The van der Waals surface area contributed by atoms with Crippen LogP contribution in [-0.4, -0.2) is 16.1 Å². The molecule has 0 saturated carbocycles. The summed E-state index contributed by atoms with van der Waals surface area (Å²) in [5, 5.41) is 0.931. The van der Waals surface area contributed by atoms with Gasteiger partial charge in [-0.3, -0.25) is 0 Å². The quantitative estimate of drug-likeness (QED) is 0.723. The van der Waals surface area contributed by atoms with E-state index in [1.807, 2.05) is 38.1 Å². The summed E-state index contributed by atoms with van der Waals surface area (Å²) < 4.78 is 5.55. The maximum atomic E-state index is 5.55. The Morgan fingerprint density at radius 3 is 2.79 bits per heavy atom. The van der Waals surface area contributed by atoms with Crippen LogP contribution in [0.3, 0.4) is 0 Å². The van der Waals surface area contributed by atoms with Crippen LogP contribution < -0.4 is 4.74 Å². The van der Waals surface area contributed by atoms with Crippen molar-refractivity contribution in [2.75, 3.05) is 0 Å². The third-order valence-corrected chi connectivity index (χ3v) is 1.80. The molecule has 1 aromatic carbocycles. The molecule has 0 bridgehead atoms. The van der Waals surface area contributed by atoms with Crippen molar-refractivity contribution >= 4 is 10.9 Å². The minimum absolute atomic E-state index is 0.113. The largest absolute Gasteiger partial charge is 0.474 e. The first-order valence-electron chi connectivity index (χ1n) is 4.57. The van der Waals surface area contributed by atoms with Gasteiger partial charge in [-0.15, -0.1) is 0 Å². The van der Waals surface area contributed by atoms with Crippen LogP contribution in [0.25, 0.3) is 10.9 Å². The van der Waals surface area contributed by atoms with E-state index < -0.39 is 0 Å². The van der Waals surface area contributed by atoms with Gasteiger partial charge >= 0.3 is 0 Å². The second-order valence-electron chi connectivity index (χ2n) is 3.31. The van der Waals surface area contributed by atoms with E-state index in [-0.39, 0.29) is 6.10 Å². The highest BCUT2D eigenvalue weighted by Crippen LogP contribution is 2.20. The predicted octanol–water partition coefficient (Wildman–Crippen LogP) is 2.22. The van der Waals surface area contributed by atoms with Crippen molar-refractivity contribution < 1.29 is 4.74 Å². The number of nitrogens with zero attached hydrogens (tertiary/aromatic N) is 2. The maximum Gasteiger partial charge on any atom is 0.225 e. The van der Waals surface area contributed by atoms with Gasteiger partial charge in [-0.1, -0.05) is 12.1 Å². The van der Waals surface area contributed by atoms with Gasteiger partial charge in [0.1, 0.15) is 0 Å². The van der Waals surface area contributed by atoms with Gasteiger partial charge in [-0.2, -0.15) is 4.98 Å². The van der Waals surface area contributed by atoms with Crippen LogP contribution in [0, 0.1) is 6.33 Å². The van der Waals surface area contributed by atoms with Crippen LogP contribution in [0.2, 0.25) is 0 Å². The van der Waals surface area contributed by atoms with Crippen molar-refractivity contribution in [1.29, 1.82) is 0 Å². The average Bonchev–Trinajstić information content (AvgIpc) is 2.18. The van der Waals surface area contributed by atoms with Gasteiger partial charge in [0.05, 0.1) is 17.0 Å². The smallest absolute Gasteiger partial charge is 0.225 e. The van der Waals surface area contributed by atoms with Crippen molar-refractivity contribution in [2.24, 2.45) is 0 Å². The molecule has 0 fully saturated rings. The summed E-state index contributed by atoms with van der Waals surface area (Å²) in [6.07, 6.45) is 2.70. The molecule has 0 N–H and O–H groups in total. The maximum absolute atomic E-state index is 5.55. The summed E-state index contributed by atoms with van der Waals surface area (Å²) in [5.74, 6) is 0.602. The summed E-state index contributed by atoms with van der Waals surface area (Å²) in [5.41, 5.74) is 0.859. The fourth-order valence-electron chi connectivity index (χ4n) is 1.25. The SMILES string of the molecule is CC(C)Oc1n[c]nc2ccccc12. The van der Waals surface area contributed by atoms with Gasteiger partial charge in [0.25, 0.3) is 0 Å². The molecule has 0 aliphatic carbocycles. The Bertz CT molecular complexity index is 435. The van der Waals surface area contributed by atoms with Crippen molar-refractivity contribution in [1.82, 2.24) is 9.97 Å². The van der Waals surface area contributed by atoms with Crippen LogP contribution in [0.15, 0.2) is 24.3 Å². The lowest BCUT2D eigenvalue weighted by atomic mass is 10.2. The molecule has 2 rings (SSSR count). The Morgan fingerprint density at radius 1 is 1.21 bits per heavy atom. The molecule has 14 heavy (non-hydrogen) atoms. The summed E-state index contributed by atoms with van der Waals surface area (Å²) in [7, 11) is 0. The van der Waals surface area contributed by atoms with Crippen LogP contribution in [-0.2, 0) is 0 Å². The van der Waals surface area contributed by atoms with Gasteiger partial charge < -0.3 is 4.74 Å². The molecule has 0 aliphatic rings. The number of hydrogen-bond acceptors (Lipinski definition) is 3. The lowest BCUT2D eigenvalue weighted by Gasteiger charge is -2.09. The number of benzene rings is 1. The number of rotatable bonds is 2. The summed E-state index contributed by atoms with van der Waals surface area (Å²) in [6.45, 7) is 3.94. The molecule has 0 unspecified atom stereocenters. The topological polar surface area (TPSA) is 35.0 Å². The van der Waals surface area contributed by atoms with E-state index in [2.05, 4.69) is 16.3 Å². The Kier molecular flexibility index (Phi) is 2.31. The normalized spacial score (nSPS) is 10.8. The molecule has 1 heterocycles. The highest BCUT2D eigenvalue weighted by molar-refractivity contribution is 5.82. The molecule has 1 radical (unpaired) electrons. The van der Waals surface area contributed by atoms with E-state index in [1.54, 1.807) is 0 Å². The van der Waals surface area contributed by atoms with Gasteiger partial charge in [-0.05, 0) is 26.0 Å². The van der Waals surface area contributed by atoms with E-state index in [1.165, 1.54) is 0 Å². The molecule has 0 amide bonds. The predicted molar refractivity (Wildman–Crippen MR) is 54.1 cm³/mol. The molecular formula is C11H11N2O. The van der Waals surface area contributed by atoms with Crippen LogP contribution >= 0.6 is 0 Å². The van der Waals surface area contributed by atoms with Gasteiger partial charge in [0.2, 0.25) is 12.2 Å². The lowest BCUT2D eigenvalue weighted by Crippen LogP contribution is -2.07. The third-order valence-electron chi connectivity index (χ3n) is 1.80. The second kappa shape index (κ2) is 3.62. The van der Waals surface area contributed by atoms with Crippen LogP contribution in [0.5, 0.6) is 5.88 Å². The summed E-state index contributed by atoms with van der Waals surface area (Å²) in [6, 6.07) is 7.74. The molecule has 0 spiro atoms. The van der Waals surface area contributed by atoms with Crippen LogP contribution in [0.1, 0.15) is 13.8 Å². The first-order chi connectivity index (χ1) is 6.77. The molecule has 71 valence electrons. The average molecular weight is 187 g/mol. The van der Waals surface area contributed by atoms with Gasteiger partial charge in [0.15, 0.2) is 0 Å². The van der Waals surface area contributed by atoms with E-state index in [4.69, 9.17) is 4.74 Å². The zero-order chi connectivity index (χ0) is 9.97. The molecular weight excluding hydrogens is 176 g/mol. The minimum Gasteiger partial charge on any atom is -0.474 e. The minimum atomic E-state index is 0.113. The van der Waals surface area contributed by atoms with E-state index in [9.17, 15) is 0 Å². The molecule has 0 atom stereocenters. The fraction of sp³-hybridized carbons (Fsp3) is 0.273. The molecule has 0 aliphatic heterocycles. The first kappa shape index (κ1) is 8.94. The zero-order valence-electron chi connectivity index (χ0n) is 8.19. The Hall–Kier alpha value is -1.64. The standard InChI is InChI=1S/C11H11N2O/c1-8(2)14-11-9-5-3-4-6-10(9)12-7-13-11/h3-6,8H,1-2H3. The van der Waals surface area contributed by atoms with Crippen LogP contribution in [0.4, 0.5) is 0 Å². The number of ether oxygens (including phenoxy) is 1. The second-order valence-corrected chi connectivity index (χ2v) is 3.31. The van der Waals surface area contributed by atoms with Crippen molar-refractivity contribution in [3.8, 4) is 5.88 Å². The molecule has 3 heteroatoms. The fourth-order valence-corrected chi connectivity index (χ4v) is 1.25. The summed E-state index contributed by atoms with van der Waals surface area (Å²) in [4.78, 5) is 8.02. The van der Waals surface area contributed by atoms with Gasteiger partial charge in [-0.25, -0.2) is 4.98 Å². The van der Waals surface area contributed by atoms with Gasteiger partial charge in [0, 0.05) is 0 Å². The van der Waals surface area contributed by atoms with E-state index >= 15 is 0 Å².